The van der Waals surface area contributed by atoms with Gasteiger partial charge in [0, 0.05) is 96.4 Å². The van der Waals surface area contributed by atoms with Crippen LogP contribution >= 0.6 is 0 Å². The Bertz CT molecular complexity index is 5040. The van der Waals surface area contributed by atoms with Crippen molar-refractivity contribution in [3.63, 3.8) is 0 Å². The molecule has 0 saturated carbocycles. The van der Waals surface area contributed by atoms with E-state index in [0.29, 0.717) is 0 Å². The molecule has 7 heteroatoms. The van der Waals surface area contributed by atoms with E-state index >= 15 is 0 Å². The average molecular weight is 1170 g/mol. The number of fused-ring (bicyclic) bond motifs is 6. The Morgan fingerprint density at radius 2 is 0.489 bits per heavy atom. The van der Waals surface area contributed by atoms with Crippen LogP contribution in [0.4, 0.5) is 0 Å². The van der Waals surface area contributed by atoms with Crippen LogP contribution in [0.15, 0.2) is 334 Å². The Hall–Kier alpha value is -12.5. The summed E-state index contributed by atoms with van der Waals surface area (Å²) < 4.78 is 4.92. The second-order valence-electron chi connectivity index (χ2n) is 23.2. The molecule has 0 atom stereocenters. The summed E-state index contributed by atoms with van der Waals surface area (Å²) in [5.41, 5.74) is 26.3. The molecule has 0 radical (unpaired) electrons. The van der Waals surface area contributed by atoms with Gasteiger partial charge in [0.1, 0.15) is 0 Å². The predicted octanol–water partition coefficient (Wildman–Crippen LogP) is 21.5. The van der Waals surface area contributed by atoms with Gasteiger partial charge in [0.15, 0.2) is 0 Å². The molecule has 0 N–H and O–H groups in total. The highest BCUT2D eigenvalue weighted by molar-refractivity contribution is 6.14. The molecule has 0 spiro atoms. The molecule has 430 valence electrons. The van der Waals surface area contributed by atoms with Gasteiger partial charge in [-0.15, -0.1) is 0 Å². The van der Waals surface area contributed by atoms with Crippen LogP contribution < -0.4 is 0 Å². The smallest absolute Gasteiger partial charge is 0.0780 e. The van der Waals surface area contributed by atoms with Crippen molar-refractivity contribution in [3.8, 4) is 123 Å². The van der Waals surface area contributed by atoms with Crippen molar-refractivity contribution in [1.29, 1.82) is 0 Å². The molecule has 17 aromatic rings. The molecule has 92 heavy (non-hydrogen) atoms. The summed E-state index contributed by atoms with van der Waals surface area (Å²) in [7, 11) is 0. The molecule has 0 fully saturated rings. The van der Waals surface area contributed by atoms with Gasteiger partial charge in [-0.05, 0) is 93.5 Å². The topological polar surface area (TPSA) is 74.3 Å². The van der Waals surface area contributed by atoms with E-state index in [1.54, 1.807) is 0 Å². The van der Waals surface area contributed by atoms with Crippen LogP contribution in [0.5, 0.6) is 0 Å². The summed E-state index contributed by atoms with van der Waals surface area (Å²) in [5.74, 6) is 0. The lowest BCUT2D eigenvalue weighted by Crippen LogP contribution is -2.05. The maximum absolute atomic E-state index is 5.45. The predicted molar refractivity (Wildman–Crippen MR) is 378 cm³/mol. The van der Waals surface area contributed by atoms with Gasteiger partial charge in [0.2, 0.25) is 0 Å². The SMILES string of the molecule is c1ccc(-c2cccc(-c3c(-n4c5cc(-c6cccnc6-c6ccccc6)ccc5c5ccc(-c6cccnc6-c6ccccc6)cc54)cncc3-n3c4cc(-c5cccnc5-c5ccccc5)ccc4c4ccc(-c5cccnc5-c5ccccc5)cc43)c2)cc1. The van der Waals surface area contributed by atoms with Gasteiger partial charge in [-0.1, -0.05) is 243 Å². The minimum absolute atomic E-state index is 0.908. The number of pyridine rings is 5. The molecule has 7 heterocycles. The van der Waals surface area contributed by atoms with E-state index in [1.807, 2.05) is 49.1 Å². The third-order valence-electron chi connectivity index (χ3n) is 17.8. The van der Waals surface area contributed by atoms with Crippen molar-refractivity contribution < 1.29 is 0 Å². The van der Waals surface area contributed by atoms with Crippen LogP contribution in [0, 0.1) is 0 Å². The van der Waals surface area contributed by atoms with Gasteiger partial charge in [-0.3, -0.25) is 24.9 Å². The van der Waals surface area contributed by atoms with Crippen LogP contribution in [0.25, 0.3) is 167 Å². The fourth-order valence-electron chi connectivity index (χ4n) is 13.6. The monoisotopic (exact) mass is 1170 g/mol. The average Bonchev–Trinajstić information content (AvgIpc) is 1.55. The van der Waals surface area contributed by atoms with E-state index in [4.69, 9.17) is 24.9 Å². The third-order valence-corrected chi connectivity index (χ3v) is 17.8. The first-order chi connectivity index (χ1) is 45.7. The van der Waals surface area contributed by atoms with Gasteiger partial charge in [-0.2, -0.15) is 0 Å². The second kappa shape index (κ2) is 22.9. The molecule has 0 aliphatic rings. The Morgan fingerprint density at radius 3 is 0.804 bits per heavy atom. The first-order valence-corrected chi connectivity index (χ1v) is 31.0. The van der Waals surface area contributed by atoms with Crippen molar-refractivity contribution in [2.24, 2.45) is 0 Å². The van der Waals surface area contributed by atoms with Crippen LogP contribution in [0.2, 0.25) is 0 Å². The van der Waals surface area contributed by atoms with Gasteiger partial charge >= 0.3 is 0 Å². The number of hydrogen-bond acceptors (Lipinski definition) is 5. The summed E-state index contributed by atoms with van der Waals surface area (Å²) in [6.45, 7) is 0. The van der Waals surface area contributed by atoms with Crippen molar-refractivity contribution >= 4 is 43.6 Å². The number of hydrogen-bond donors (Lipinski definition) is 0. The molecule has 0 aliphatic carbocycles. The largest absolute Gasteiger partial charge is 0.307 e. The van der Waals surface area contributed by atoms with E-state index in [9.17, 15) is 0 Å². The summed E-state index contributed by atoms with van der Waals surface area (Å²) in [6, 6.07) is 106. The molecular formula is C85H55N7. The van der Waals surface area contributed by atoms with Crippen LogP contribution in [-0.4, -0.2) is 34.1 Å². The van der Waals surface area contributed by atoms with Gasteiger partial charge in [0.25, 0.3) is 0 Å². The van der Waals surface area contributed by atoms with Crippen molar-refractivity contribution in [2.45, 2.75) is 0 Å². The lowest BCUT2D eigenvalue weighted by Gasteiger charge is -2.21. The lowest BCUT2D eigenvalue weighted by molar-refractivity contribution is 1.09. The first kappa shape index (κ1) is 53.8. The Labute approximate surface area is 532 Å². The van der Waals surface area contributed by atoms with Crippen molar-refractivity contribution in [1.82, 2.24) is 34.1 Å². The zero-order valence-corrected chi connectivity index (χ0v) is 49.9. The minimum atomic E-state index is 0.908. The van der Waals surface area contributed by atoms with E-state index in [2.05, 4.69) is 295 Å². The van der Waals surface area contributed by atoms with Crippen LogP contribution in [-0.2, 0) is 0 Å². The van der Waals surface area contributed by atoms with Crippen molar-refractivity contribution in [2.75, 3.05) is 0 Å². The van der Waals surface area contributed by atoms with Crippen LogP contribution in [0.3, 0.4) is 0 Å². The molecule has 10 aromatic carbocycles. The number of benzene rings is 10. The zero-order valence-electron chi connectivity index (χ0n) is 49.9. The summed E-state index contributed by atoms with van der Waals surface area (Å²) in [6.07, 6.45) is 11.7. The zero-order chi connectivity index (χ0) is 60.9. The highest BCUT2D eigenvalue weighted by Crippen LogP contribution is 2.47. The van der Waals surface area contributed by atoms with Crippen molar-refractivity contribution in [3.05, 3.63) is 334 Å². The molecule has 0 aliphatic heterocycles. The molecule has 17 rings (SSSR count). The molecule has 0 bridgehead atoms. The number of nitrogens with zero attached hydrogens (tertiary/aromatic N) is 7. The van der Waals surface area contributed by atoms with Gasteiger partial charge in [0.05, 0.1) is 68.6 Å². The Balaban J connectivity index is 0.997. The fraction of sp³-hybridized carbons (Fsp3) is 0. The molecule has 7 nitrogen and oxygen atoms in total. The minimum Gasteiger partial charge on any atom is -0.307 e. The molecule has 0 unspecified atom stereocenters. The van der Waals surface area contributed by atoms with E-state index in [1.165, 1.54) is 0 Å². The quantitative estimate of drug-likeness (QED) is 0.122. The first-order valence-electron chi connectivity index (χ1n) is 31.0. The molecule has 7 aromatic heterocycles. The maximum atomic E-state index is 5.45. The van der Waals surface area contributed by atoms with E-state index in [-0.39, 0.29) is 0 Å². The normalized spacial score (nSPS) is 11.5. The number of rotatable bonds is 12. The fourth-order valence-corrected chi connectivity index (χ4v) is 13.6. The van der Waals surface area contributed by atoms with Gasteiger partial charge < -0.3 is 9.13 Å². The van der Waals surface area contributed by atoms with Gasteiger partial charge in [-0.25, -0.2) is 0 Å². The summed E-state index contributed by atoms with van der Waals surface area (Å²) in [4.78, 5) is 25.6. The van der Waals surface area contributed by atoms with E-state index < -0.39 is 0 Å². The summed E-state index contributed by atoms with van der Waals surface area (Å²) >= 11 is 0. The lowest BCUT2D eigenvalue weighted by atomic mass is 9.96. The standard InChI is InChI=1S/C85H55N7/c1-6-21-56(22-7-1)61-31-16-32-66(49-61)81-79(91-75-50-62(67-33-17-45-87-82(67)57-23-8-2-9-24-57)37-41-71(75)72-42-38-63(51-76(72)91)68-34-18-46-88-83(68)58-25-10-3-11-26-58)54-86-55-80(81)92-77-52-64(69-35-19-47-89-84(69)59-27-12-4-13-28-59)39-43-73(77)74-44-40-65(53-78(74)92)70-36-20-48-90-85(70)60-29-14-5-15-30-60/h1-55H. The summed E-state index contributed by atoms with van der Waals surface area (Å²) in [5, 5.41) is 4.41. The maximum Gasteiger partial charge on any atom is 0.0780 e. The number of aromatic nitrogens is 7. The Kier molecular flexibility index (Phi) is 13.4. The highest BCUT2D eigenvalue weighted by Gasteiger charge is 2.26. The highest BCUT2D eigenvalue weighted by atomic mass is 15.0. The Morgan fingerprint density at radius 1 is 0.207 bits per heavy atom. The molecule has 0 saturated heterocycles. The van der Waals surface area contributed by atoms with Crippen LogP contribution in [0.1, 0.15) is 0 Å². The molecule has 0 amide bonds. The van der Waals surface area contributed by atoms with E-state index in [0.717, 1.165) is 167 Å². The molecular weight excluding hydrogens is 1120 g/mol. The third kappa shape index (κ3) is 9.43. The second-order valence-corrected chi connectivity index (χ2v) is 23.2.